The molecule has 1 heterocycles. The van der Waals surface area contributed by atoms with E-state index in [9.17, 15) is 9.18 Å². The second-order valence-corrected chi connectivity index (χ2v) is 6.57. The SMILES string of the molecule is COc1cc(CCC(=O)Nc2ccc3c(c2F)CCNC3)cc(OC)c1OC. The van der Waals surface area contributed by atoms with E-state index in [1.54, 1.807) is 32.4 Å². The molecule has 0 radical (unpaired) electrons. The largest absolute Gasteiger partial charge is 0.493 e. The van der Waals surface area contributed by atoms with Crippen molar-refractivity contribution >= 4 is 11.6 Å². The number of hydrogen-bond acceptors (Lipinski definition) is 5. The predicted octanol–water partition coefficient (Wildman–Crippen LogP) is 3.07. The number of nitrogens with one attached hydrogen (secondary N) is 2. The summed E-state index contributed by atoms with van der Waals surface area (Å²) in [7, 11) is 4.63. The summed E-state index contributed by atoms with van der Waals surface area (Å²) in [5.74, 6) is 0.990. The Morgan fingerprint density at radius 3 is 2.50 bits per heavy atom. The van der Waals surface area contributed by atoms with Gasteiger partial charge in [0.2, 0.25) is 11.7 Å². The van der Waals surface area contributed by atoms with Crippen LogP contribution in [-0.2, 0) is 24.2 Å². The Kier molecular flexibility index (Phi) is 6.36. The fraction of sp³-hybridized carbons (Fsp3) is 0.381. The minimum Gasteiger partial charge on any atom is -0.493 e. The molecule has 0 spiro atoms. The molecule has 2 aromatic rings. The van der Waals surface area contributed by atoms with Gasteiger partial charge < -0.3 is 24.8 Å². The Labute approximate surface area is 164 Å². The molecule has 1 aliphatic rings. The van der Waals surface area contributed by atoms with Crippen LogP contribution in [0, 0.1) is 5.82 Å². The monoisotopic (exact) mass is 388 g/mol. The first-order valence-corrected chi connectivity index (χ1v) is 9.17. The molecular formula is C21H25FN2O4. The van der Waals surface area contributed by atoms with Crippen LogP contribution in [-0.4, -0.2) is 33.8 Å². The van der Waals surface area contributed by atoms with Crippen LogP contribution in [0.2, 0.25) is 0 Å². The van der Waals surface area contributed by atoms with Gasteiger partial charge in [0.25, 0.3) is 0 Å². The summed E-state index contributed by atoms with van der Waals surface area (Å²) in [5.41, 5.74) is 2.72. The quantitative estimate of drug-likeness (QED) is 0.763. The number of anilines is 1. The van der Waals surface area contributed by atoms with Crippen molar-refractivity contribution in [2.45, 2.75) is 25.8 Å². The van der Waals surface area contributed by atoms with Crippen LogP contribution in [0.3, 0.4) is 0 Å². The third kappa shape index (κ3) is 4.20. The van der Waals surface area contributed by atoms with E-state index in [0.717, 1.165) is 17.7 Å². The number of fused-ring (bicyclic) bond motifs is 1. The van der Waals surface area contributed by atoms with Crippen molar-refractivity contribution in [3.8, 4) is 17.2 Å². The zero-order valence-electron chi connectivity index (χ0n) is 16.4. The lowest BCUT2D eigenvalue weighted by Crippen LogP contribution is -2.25. The van der Waals surface area contributed by atoms with Gasteiger partial charge in [-0.15, -0.1) is 0 Å². The van der Waals surface area contributed by atoms with E-state index in [-0.39, 0.29) is 23.8 Å². The number of aryl methyl sites for hydroxylation is 1. The average molecular weight is 388 g/mol. The van der Waals surface area contributed by atoms with Crippen LogP contribution in [0.25, 0.3) is 0 Å². The molecule has 0 bridgehead atoms. The number of carbonyl (C=O) groups is 1. The summed E-state index contributed by atoms with van der Waals surface area (Å²) in [6, 6.07) is 7.10. The first-order valence-electron chi connectivity index (χ1n) is 9.17. The number of halogens is 1. The van der Waals surface area contributed by atoms with E-state index in [4.69, 9.17) is 14.2 Å². The van der Waals surface area contributed by atoms with Gasteiger partial charge in [0.1, 0.15) is 5.82 Å². The van der Waals surface area contributed by atoms with Gasteiger partial charge in [-0.05, 0) is 54.3 Å². The Balaban J connectivity index is 1.68. The van der Waals surface area contributed by atoms with E-state index in [0.29, 0.717) is 42.2 Å². The van der Waals surface area contributed by atoms with Crippen LogP contribution in [0.4, 0.5) is 10.1 Å². The van der Waals surface area contributed by atoms with E-state index in [1.165, 1.54) is 7.11 Å². The minimum atomic E-state index is -0.333. The van der Waals surface area contributed by atoms with Crippen LogP contribution < -0.4 is 24.8 Å². The highest BCUT2D eigenvalue weighted by Gasteiger charge is 2.18. The summed E-state index contributed by atoms with van der Waals surface area (Å²) < 4.78 is 30.6. The molecule has 3 rings (SSSR count). The van der Waals surface area contributed by atoms with Crippen molar-refractivity contribution in [1.29, 1.82) is 0 Å². The lowest BCUT2D eigenvalue weighted by molar-refractivity contribution is -0.116. The summed E-state index contributed by atoms with van der Waals surface area (Å²) in [4.78, 5) is 12.4. The molecule has 1 amide bonds. The molecule has 6 nitrogen and oxygen atoms in total. The normalized spacial score (nSPS) is 12.9. The van der Waals surface area contributed by atoms with E-state index >= 15 is 0 Å². The molecule has 28 heavy (non-hydrogen) atoms. The smallest absolute Gasteiger partial charge is 0.224 e. The second-order valence-electron chi connectivity index (χ2n) is 6.57. The number of ether oxygens (including phenoxy) is 3. The van der Waals surface area contributed by atoms with Gasteiger partial charge in [0.15, 0.2) is 11.5 Å². The number of hydrogen-bond donors (Lipinski definition) is 2. The fourth-order valence-corrected chi connectivity index (χ4v) is 3.38. The zero-order valence-corrected chi connectivity index (χ0v) is 16.4. The summed E-state index contributed by atoms with van der Waals surface area (Å²) >= 11 is 0. The fourth-order valence-electron chi connectivity index (χ4n) is 3.38. The van der Waals surface area contributed by atoms with Crippen LogP contribution in [0.5, 0.6) is 17.2 Å². The molecule has 150 valence electrons. The first kappa shape index (κ1) is 19.9. The second kappa shape index (κ2) is 8.93. The highest BCUT2D eigenvalue weighted by Crippen LogP contribution is 2.38. The van der Waals surface area contributed by atoms with Gasteiger partial charge in [-0.3, -0.25) is 4.79 Å². The van der Waals surface area contributed by atoms with Crippen LogP contribution in [0.1, 0.15) is 23.1 Å². The molecule has 1 aliphatic heterocycles. The zero-order chi connectivity index (χ0) is 20.1. The van der Waals surface area contributed by atoms with Crippen molar-refractivity contribution in [2.24, 2.45) is 0 Å². The van der Waals surface area contributed by atoms with E-state index < -0.39 is 0 Å². The predicted molar refractivity (Wildman–Crippen MR) is 105 cm³/mol. The third-order valence-corrected chi connectivity index (χ3v) is 4.85. The Bertz CT molecular complexity index is 845. The Morgan fingerprint density at radius 1 is 1.14 bits per heavy atom. The summed E-state index contributed by atoms with van der Waals surface area (Å²) in [5, 5.41) is 5.90. The number of benzene rings is 2. The number of amides is 1. The lowest BCUT2D eigenvalue weighted by atomic mass is 9.99. The van der Waals surface area contributed by atoms with Gasteiger partial charge in [0.05, 0.1) is 27.0 Å². The Morgan fingerprint density at radius 2 is 1.86 bits per heavy atom. The maximum atomic E-state index is 14.7. The average Bonchev–Trinajstić information content (AvgIpc) is 2.73. The van der Waals surface area contributed by atoms with Crippen molar-refractivity contribution in [3.63, 3.8) is 0 Å². The molecule has 0 aliphatic carbocycles. The molecular weight excluding hydrogens is 363 g/mol. The summed E-state index contributed by atoms with van der Waals surface area (Å²) in [6.07, 6.45) is 1.28. The number of methoxy groups -OCH3 is 3. The highest BCUT2D eigenvalue weighted by molar-refractivity contribution is 5.91. The molecule has 0 saturated heterocycles. The molecule has 0 fully saturated rings. The molecule has 0 aromatic heterocycles. The maximum absolute atomic E-state index is 14.7. The topological polar surface area (TPSA) is 68.8 Å². The molecule has 7 heteroatoms. The number of rotatable bonds is 7. The van der Waals surface area contributed by atoms with Gasteiger partial charge in [-0.2, -0.15) is 0 Å². The summed E-state index contributed by atoms with van der Waals surface area (Å²) in [6.45, 7) is 1.39. The molecule has 2 N–H and O–H groups in total. The van der Waals surface area contributed by atoms with Crippen LogP contribution >= 0.6 is 0 Å². The molecule has 0 saturated carbocycles. The first-order chi connectivity index (χ1) is 13.6. The Hall–Kier alpha value is -2.80. The van der Waals surface area contributed by atoms with Crippen molar-refractivity contribution in [2.75, 3.05) is 33.2 Å². The van der Waals surface area contributed by atoms with Gasteiger partial charge >= 0.3 is 0 Å². The van der Waals surface area contributed by atoms with Gasteiger partial charge in [0, 0.05) is 13.0 Å². The molecule has 0 unspecified atom stereocenters. The van der Waals surface area contributed by atoms with E-state index in [2.05, 4.69) is 10.6 Å². The minimum absolute atomic E-state index is 0.205. The van der Waals surface area contributed by atoms with Crippen molar-refractivity contribution in [3.05, 3.63) is 46.8 Å². The van der Waals surface area contributed by atoms with Gasteiger partial charge in [-0.1, -0.05) is 6.07 Å². The lowest BCUT2D eigenvalue weighted by Gasteiger charge is -2.19. The number of carbonyl (C=O) groups excluding carboxylic acids is 1. The van der Waals surface area contributed by atoms with E-state index in [1.807, 2.05) is 6.07 Å². The maximum Gasteiger partial charge on any atom is 0.224 e. The van der Waals surface area contributed by atoms with Crippen LogP contribution in [0.15, 0.2) is 24.3 Å². The third-order valence-electron chi connectivity index (χ3n) is 4.85. The standard InChI is InChI=1S/C21H25FN2O4/c1-26-17-10-13(11-18(27-2)21(17)28-3)4-7-19(25)24-16-6-5-14-12-23-9-8-15(14)20(16)22/h5-6,10-11,23H,4,7-9,12H2,1-3H3,(H,24,25). The van der Waals surface area contributed by atoms with Crippen molar-refractivity contribution in [1.82, 2.24) is 5.32 Å². The molecule has 0 atom stereocenters. The highest BCUT2D eigenvalue weighted by atomic mass is 19.1. The molecule has 2 aromatic carbocycles. The van der Waals surface area contributed by atoms with Crippen molar-refractivity contribution < 1.29 is 23.4 Å². The van der Waals surface area contributed by atoms with Gasteiger partial charge in [-0.25, -0.2) is 4.39 Å².